The summed E-state index contributed by atoms with van der Waals surface area (Å²) in [5, 5.41) is 0. The maximum atomic E-state index is 11.8. The Balaban J connectivity index is 1.72. The highest BCUT2D eigenvalue weighted by molar-refractivity contribution is 5.68. The van der Waals surface area contributed by atoms with E-state index < -0.39 is 0 Å². The van der Waals surface area contributed by atoms with E-state index in [1.807, 2.05) is 13.0 Å². The summed E-state index contributed by atoms with van der Waals surface area (Å²) >= 11 is 0. The van der Waals surface area contributed by atoms with Crippen LogP contribution in [0.5, 0.6) is 5.75 Å². The van der Waals surface area contributed by atoms with Crippen molar-refractivity contribution in [1.82, 2.24) is 0 Å². The highest BCUT2D eigenvalue weighted by atomic mass is 16.5. The van der Waals surface area contributed by atoms with Crippen molar-refractivity contribution in [3.63, 3.8) is 0 Å². The molecule has 25 heavy (non-hydrogen) atoms. The molecule has 3 aliphatic rings. The molecule has 0 amide bonds. The molecule has 1 aliphatic carbocycles. The fourth-order valence-corrected chi connectivity index (χ4v) is 5.57. The van der Waals surface area contributed by atoms with Crippen LogP contribution in [0.15, 0.2) is 24.3 Å². The van der Waals surface area contributed by atoms with Gasteiger partial charge in [0.25, 0.3) is 0 Å². The van der Waals surface area contributed by atoms with Crippen molar-refractivity contribution in [3.8, 4) is 5.75 Å². The van der Waals surface area contributed by atoms with Gasteiger partial charge in [-0.2, -0.15) is 0 Å². The standard InChI is InChI=1S/C21H28O4/c1-5-17(22)23-11-21-12-24-19-15-8-6-7-9-16(15)25-20(4,10-13(21)2)18(19)14(21)3/h6-9,13-14,18-19H,5,10-12H2,1-4H3/t13-,14-,18+,19-,20-,21-/m1/s1. The molecule has 0 radical (unpaired) electrons. The molecule has 0 aromatic heterocycles. The number of esters is 1. The molecule has 6 atom stereocenters. The molecule has 4 heteroatoms. The van der Waals surface area contributed by atoms with Crippen LogP contribution in [0.1, 0.15) is 52.2 Å². The van der Waals surface area contributed by atoms with Gasteiger partial charge < -0.3 is 14.2 Å². The van der Waals surface area contributed by atoms with Crippen LogP contribution in [0.3, 0.4) is 0 Å². The Kier molecular flexibility index (Phi) is 3.87. The van der Waals surface area contributed by atoms with E-state index >= 15 is 0 Å². The van der Waals surface area contributed by atoms with Gasteiger partial charge in [-0.15, -0.1) is 0 Å². The molecule has 2 heterocycles. The van der Waals surface area contributed by atoms with E-state index in [1.165, 1.54) is 0 Å². The quantitative estimate of drug-likeness (QED) is 0.773. The van der Waals surface area contributed by atoms with E-state index in [2.05, 4.69) is 39.0 Å². The minimum Gasteiger partial charge on any atom is -0.487 e. The number of hydrogen-bond donors (Lipinski definition) is 0. The first-order chi connectivity index (χ1) is 11.9. The van der Waals surface area contributed by atoms with Crippen molar-refractivity contribution in [2.45, 2.75) is 52.2 Å². The fourth-order valence-electron chi connectivity index (χ4n) is 5.57. The van der Waals surface area contributed by atoms with Gasteiger partial charge in [-0.05, 0) is 31.2 Å². The van der Waals surface area contributed by atoms with Gasteiger partial charge in [0.1, 0.15) is 11.4 Å². The third-order valence-electron chi connectivity index (χ3n) is 7.06. The SMILES string of the molecule is CCC(=O)OC[C@@]12CO[C@@H]3c4ccccc4O[C@](C)(C[C@H]1C)[C@H]3[C@H]2C. The predicted molar refractivity (Wildman–Crippen MR) is 94.3 cm³/mol. The molecule has 4 nitrogen and oxygen atoms in total. The lowest BCUT2D eigenvalue weighted by molar-refractivity contribution is -0.262. The average molecular weight is 344 g/mol. The Labute approximate surface area is 149 Å². The lowest BCUT2D eigenvalue weighted by Gasteiger charge is -2.63. The van der Waals surface area contributed by atoms with Gasteiger partial charge in [-0.3, -0.25) is 4.79 Å². The number of carbonyl (C=O) groups is 1. The van der Waals surface area contributed by atoms with Crippen LogP contribution in [0.2, 0.25) is 0 Å². The second-order valence-corrected chi connectivity index (χ2v) is 8.35. The lowest BCUT2D eigenvalue weighted by Crippen LogP contribution is -2.66. The van der Waals surface area contributed by atoms with Gasteiger partial charge in [0.05, 0.1) is 19.3 Å². The number of benzene rings is 1. The van der Waals surface area contributed by atoms with Crippen LogP contribution in [0.4, 0.5) is 0 Å². The third kappa shape index (κ3) is 2.33. The summed E-state index contributed by atoms with van der Waals surface area (Å²) in [6.45, 7) is 9.70. The van der Waals surface area contributed by atoms with E-state index in [0.29, 0.717) is 31.5 Å². The van der Waals surface area contributed by atoms with Crippen molar-refractivity contribution < 1.29 is 19.0 Å². The first-order valence-electron chi connectivity index (χ1n) is 9.46. The van der Waals surface area contributed by atoms with Gasteiger partial charge >= 0.3 is 5.97 Å². The number of hydrogen-bond acceptors (Lipinski definition) is 4. The summed E-state index contributed by atoms with van der Waals surface area (Å²) in [6.07, 6.45) is 1.44. The van der Waals surface area contributed by atoms with Crippen LogP contribution in [0.25, 0.3) is 0 Å². The Bertz CT molecular complexity index is 686. The summed E-state index contributed by atoms with van der Waals surface area (Å²) in [5.74, 6) is 1.82. The topological polar surface area (TPSA) is 44.8 Å². The van der Waals surface area contributed by atoms with E-state index in [-0.39, 0.29) is 29.0 Å². The number of para-hydroxylation sites is 1. The molecule has 0 unspecified atom stereocenters. The number of fused-ring (bicyclic) bond motifs is 3. The Morgan fingerprint density at radius 2 is 2.08 bits per heavy atom. The molecular formula is C21H28O4. The molecule has 1 saturated heterocycles. The molecule has 1 aromatic rings. The Hall–Kier alpha value is -1.55. The fraction of sp³-hybridized carbons (Fsp3) is 0.667. The summed E-state index contributed by atoms with van der Waals surface area (Å²) in [5.41, 5.74) is 0.794. The number of carbonyl (C=O) groups excluding carboxylic acids is 1. The number of ether oxygens (including phenoxy) is 3. The monoisotopic (exact) mass is 344 g/mol. The Morgan fingerprint density at radius 1 is 1.32 bits per heavy atom. The molecular weight excluding hydrogens is 316 g/mol. The zero-order valence-corrected chi connectivity index (χ0v) is 15.6. The van der Waals surface area contributed by atoms with Crippen LogP contribution in [0, 0.1) is 23.2 Å². The van der Waals surface area contributed by atoms with E-state index in [0.717, 1.165) is 17.7 Å². The highest BCUT2D eigenvalue weighted by Gasteiger charge is 2.64. The van der Waals surface area contributed by atoms with Crippen molar-refractivity contribution in [2.24, 2.45) is 23.2 Å². The first-order valence-corrected chi connectivity index (χ1v) is 9.46. The summed E-state index contributed by atoms with van der Waals surface area (Å²) in [4.78, 5) is 11.8. The van der Waals surface area contributed by atoms with Crippen molar-refractivity contribution in [1.29, 1.82) is 0 Å². The molecule has 4 rings (SSSR count). The minimum absolute atomic E-state index is 0.0625. The summed E-state index contributed by atoms with van der Waals surface area (Å²) < 4.78 is 18.6. The second-order valence-electron chi connectivity index (χ2n) is 8.35. The van der Waals surface area contributed by atoms with Crippen molar-refractivity contribution >= 4 is 5.97 Å². The van der Waals surface area contributed by atoms with E-state index in [9.17, 15) is 4.79 Å². The largest absolute Gasteiger partial charge is 0.487 e. The second kappa shape index (κ2) is 5.73. The van der Waals surface area contributed by atoms with Crippen molar-refractivity contribution in [2.75, 3.05) is 13.2 Å². The van der Waals surface area contributed by atoms with E-state index in [1.54, 1.807) is 0 Å². The lowest BCUT2D eigenvalue weighted by atomic mass is 9.50. The van der Waals surface area contributed by atoms with Gasteiger partial charge in [-0.1, -0.05) is 39.0 Å². The molecule has 1 aromatic carbocycles. The highest BCUT2D eigenvalue weighted by Crippen LogP contribution is 2.63. The van der Waals surface area contributed by atoms with E-state index in [4.69, 9.17) is 14.2 Å². The maximum absolute atomic E-state index is 11.8. The maximum Gasteiger partial charge on any atom is 0.305 e. The van der Waals surface area contributed by atoms with Gasteiger partial charge in [0.15, 0.2) is 0 Å². The Morgan fingerprint density at radius 3 is 2.84 bits per heavy atom. The number of rotatable bonds is 3. The van der Waals surface area contributed by atoms with Gasteiger partial charge in [0.2, 0.25) is 0 Å². The minimum atomic E-state index is -0.240. The third-order valence-corrected chi connectivity index (χ3v) is 7.06. The van der Waals surface area contributed by atoms with Crippen LogP contribution in [-0.4, -0.2) is 24.8 Å². The zero-order chi connectivity index (χ0) is 17.8. The molecule has 2 bridgehead atoms. The zero-order valence-electron chi connectivity index (χ0n) is 15.6. The smallest absolute Gasteiger partial charge is 0.305 e. The molecule has 0 spiro atoms. The average Bonchev–Trinajstić information content (AvgIpc) is 2.59. The molecule has 1 saturated carbocycles. The predicted octanol–water partition coefficient (Wildman–Crippen LogP) is 4.14. The normalized spacial score (nSPS) is 41.4. The summed E-state index contributed by atoms with van der Waals surface area (Å²) in [6, 6.07) is 8.24. The van der Waals surface area contributed by atoms with Crippen LogP contribution in [-0.2, 0) is 14.3 Å². The van der Waals surface area contributed by atoms with Gasteiger partial charge in [-0.25, -0.2) is 0 Å². The molecule has 0 N–H and O–H groups in total. The molecule has 136 valence electrons. The molecule has 2 aliphatic heterocycles. The van der Waals surface area contributed by atoms with Crippen LogP contribution < -0.4 is 4.74 Å². The first kappa shape index (κ1) is 16.9. The summed E-state index contributed by atoms with van der Waals surface area (Å²) in [7, 11) is 0. The molecule has 2 fully saturated rings. The van der Waals surface area contributed by atoms with Crippen molar-refractivity contribution in [3.05, 3.63) is 29.8 Å². The van der Waals surface area contributed by atoms with Crippen LogP contribution >= 0.6 is 0 Å². The van der Waals surface area contributed by atoms with Gasteiger partial charge in [0, 0.05) is 23.3 Å².